The Morgan fingerprint density at radius 3 is 2.90 bits per heavy atom. The zero-order chi connectivity index (χ0) is 13.8. The summed E-state index contributed by atoms with van der Waals surface area (Å²) in [7, 11) is 3.54. The monoisotopic (exact) mass is 362 g/mol. The highest BCUT2D eigenvalue weighted by atomic mass is 79.9. The smallest absolute Gasteiger partial charge is 0.254 e. The lowest BCUT2D eigenvalue weighted by Gasteiger charge is -2.24. The average Bonchev–Trinajstić information content (AvgIpc) is 2.86. The van der Waals surface area contributed by atoms with Crippen LogP contribution in [0, 0.1) is 0 Å². The number of halogens is 2. The lowest BCUT2D eigenvalue weighted by atomic mass is 10.1. The van der Waals surface area contributed by atoms with Gasteiger partial charge in [0.25, 0.3) is 5.91 Å². The van der Waals surface area contributed by atoms with Crippen molar-refractivity contribution in [1.82, 2.24) is 10.2 Å². The zero-order valence-corrected chi connectivity index (χ0v) is 14.1. The molecule has 1 aliphatic heterocycles. The Hall–Kier alpha value is -0.780. The summed E-state index contributed by atoms with van der Waals surface area (Å²) in [4.78, 5) is 14.5. The third-order valence-corrected chi connectivity index (χ3v) is 4.10. The molecule has 1 aromatic rings. The molecule has 0 saturated carbocycles. The number of likely N-dealkylation sites (N-methyl/N-ethyl adjacent to an activating group) is 1. The maximum absolute atomic E-state index is 12.5. The number of benzene rings is 1. The molecule has 1 fully saturated rings. The molecule has 1 N–H and O–H groups in total. The first-order valence-electron chi connectivity index (χ1n) is 6.46. The summed E-state index contributed by atoms with van der Waals surface area (Å²) in [6.07, 6.45) is 2.15. The van der Waals surface area contributed by atoms with Crippen LogP contribution in [0.4, 0.5) is 0 Å². The van der Waals surface area contributed by atoms with Gasteiger partial charge < -0.3 is 15.0 Å². The second-order valence-electron chi connectivity index (χ2n) is 4.70. The fourth-order valence-corrected chi connectivity index (χ4v) is 3.06. The minimum Gasteiger partial charge on any atom is -0.496 e. The van der Waals surface area contributed by atoms with E-state index in [1.54, 1.807) is 7.11 Å². The predicted molar refractivity (Wildman–Crippen MR) is 85.9 cm³/mol. The van der Waals surface area contributed by atoms with Gasteiger partial charge in [-0.2, -0.15) is 0 Å². The van der Waals surface area contributed by atoms with Crippen molar-refractivity contribution in [2.45, 2.75) is 18.9 Å². The fourth-order valence-electron chi connectivity index (χ4n) is 2.52. The van der Waals surface area contributed by atoms with E-state index in [1.165, 1.54) is 0 Å². The van der Waals surface area contributed by atoms with Gasteiger partial charge in [-0.05, 0) is 54.0 Å². The normalized spacial score (nSPS) is 17.8. The molecule has 1 aromatic carbocycles. The number of nitrogens with zero attached hydrogens (tertiary/aromatic N) is 1. The molecule has 4 nitrogen and oxygen atoms in total. The van der Waals surface area contributed by atoms with Crippen molar-refractivity contribution in [2.24, 2.45) is 0 Å². The highest BCUT2D eigenvalue weighted by Gasteiger charge is 2.28. The molecule has 6 heteroatoms. The first-order chi connectivity index (χ1) is 9.17. The highest BCUT2D eigenvalue weighted by Crippen LogP contribution is 2.27. The summed E-state index contributed by atoms with van der Waals surface area (Å²) in [5, 5.41) is 3.15. The van der Waals surface area contributed by atoms with Gasteiger partial charge >= 0.3 is 0 Å². The van der Waals surface area contributed by atoms with Crippen LogP contribution in [-0.2, 0) is 0 Å². The number of hydrogen-bond donors (Lipinski definition) is 1. The summed E-state index contributed by atoms with van der Waals surface area (Å²) in [6.45, 7) is 1.69. The van der Waals surface area contributed by atoms with Gasteiger partial charge in [-0.3, -0.25) is 4.79 Å². The van der Waals surface area contributed by atoms with Crippen LogP contribution in [0.5, 0.6) is 5.75 Å². The number of carbonyl (C=O) groups excluding carboxylic acids is 1. The maximum Gasteiger partial charge on any atom is 0.254 e. The van der Waals surface area contributed by atoms with E-state index in [4.69, 9.17) is 4.74 Å². The van der Waals surface area contributed by atoms with Gasteiger partial charge in [0.1, 0.15) is 5.75 Å². The second kappa shape index (κ2) is 7.86. The van der Waals surface area contributed by atoms with Gasteiger partial charge in [0.05, 0.1) is 11.6 Å². The topological polar surface area (TPSA) is 41.6 Å². The van der Waals surface area contributed by atoms with Gasteiger partial charge in [-0.25, -0.2) is 0 Å². The first-order valence-corrected chi connectivity index (χ1v) is 7.25. The molecular weight excluding hydrogens is 344 g/mol. The molecule has 0 aromatic heterocycles. The van der Waals surface area contributed by atoms with Gasteiger partial charge in [0, 0.05) is 24.7 Å². The van der Waals surface area contributed by atoms with Crippen molar-refractivity contribution in [3.63, 3.8) is 0 Å². The van der Waals surface area contributed by atoms with Crippen LogP contribution < -0.4 is 10.1 Å². The van der Waals surface area contributed by atoms with E-state index in [2.05, 4.69) is 21.2 Å². The number of hydrogen-bond acceptors (Lipinski definition) is 3. The number of ether oxygens (including phenoxy) is 1. The van der Waals surface area contributed by atoms with Crippen molar-refractivity contribution >= 4 is 34.2 Å². The Morgan fingerprint density at radius 2 is 2.30 bits per heavy atom. The summed E-state index contributed by atoms with van der Waals surface area (Å²) in [6, 6.07) is 5.77. The number of likely N-dealkylation sites (tertiary alicyclic amines) is 1. The molecule has 112 valence electrons. The van der Waals surface area contributed by atoms with E-state index in [0.29, 0.717) is 11.6 Å². The zero-order valence-electron chi connectivity index (χ0n) is 11.7. The third-order valence-electron chi connectivity index (χ3n) is 3.48. The second-order valence-corrected chi connectivity index (χ2v) is 5.56. The fraction of sp³-hybridized carbons (Fsp3) is 0.500. The van der Waals surface area contributed by atoms with Crippen LogP contribution in [0.1, 0.15) is 23.2 Å². The van der Waals surface area contributed by atoms with E-state index < -0.39 is 0 Å². The minimum atomic E-state index is 0. The molecule has 1 saturated heterocycles. The number of rotatable bonds is 4. The van der Waals surface area contributed by atoms with Crippen molar-refractivity contribution in [2.75, 3.05) is 27.2 Å². The summed E-state index contributed by atoms with van der Waals surface area (Å²) < 4.78 is 5.99. The first kappa shape index (κ1) is 17.3. The number of carbonyl (C=O) groups is 1. The van der Waals surface area contributed by atoms with Crippen LogP contribution >= 0.6 is 28.3 Å². The molecule has 20 heavy (non-hydrogen) atoms. The molecule has 0 aliphatic carbocycles. The molecule has 1 amide bonds. The van der Waals surface area contributed by atoms with E-state index >= 15 is 0 Å². The lowest BCUT2D eigenvalue weighted by Crippen LogP contribution is -2.40. The molecule has 1 unspecified atom stereocenters. The quantitative estimate of drug-likeness (QED) is 0.894. The Labute approximate surface area is 134 Å². The van der Waals surface area contributed by atoms with Crippen molar-refractivity contribution in [3.8, 4) is 5.75 Å². The number of methoxy groups -OCH3 is 1. The van der Waals surface area contributed by atoms with Gasteiger partial charge in [-0.1, -0.05) is 0 Å². The van der Waals surface area contributed by atoms with Gasteiger partial charge in [0.2, 0.25) is 0 Å². The minimum absolute atomic E-state index is 0. The molecule has 1 heterocycles. The molecule has 0 spiro atoms. The van der Waals surface area contributed by atoms with Gasteiger partial charge in [-0.15, -0.1) is 12.4 Å². The third kappa shape index (κ3) is 3.65. The average molecular weight is 364 g/mol. The Morgan fingerprint density at radius 1 is 1.55 bits per heavy atom. The van der Waals surface area contributed by atoms with E-state index in [-0.39, 0.29) is 18.3 Å². The number of amides is 1. The Kier molecular flexibility index (Phi) is 6.79. The largest absolute Gasteiger partial charge is 0.496 e. The molecular formula is C14H20BrClN2O2. The SMILES string of the molecule is CNCC1CCCN1C(=O)c1ccc(OC)c(Br)c1.Cl. The van der Waals surface area contributed by atoms with Crippen LogP contribution in [0.15, 0.2) is 22.7 Å². The summed E-state index contributed by atoms with van der Waals surface area (Å²) in [5.74, 6) is 0.839. The number of nitrogens with one attached hydrogen (secondary N) is 1. The molecule has 0 bridgehead atoms. The van der Waals surface area contributed by atoms with Crippen molar-refractivity contribution < 1.29 is 9.53 Å². The van der Waals surface area contributed by atoms with Crippen LogP contribution in [0.2, 0.25) is 0 Å². The van der Waals surface area contributed by atoms with Crippen LogP contribution in [-0.4, -0.2) is 44.1 Å². The van der Waals surface area contributed by atoms with Crippen LogP contribution in [0.3, 0.4) is 0 Å². The molecule has 1 atom stereocenters. The molecule has 1 aliphatic rings. The molecule has 2 rings (SSSR count). The Balaban J connectivity index is 0.00000200. The predicted octanol–water partition coefficient (Wildman–Crippen LogP) is 2.70. The van der Waals surface area contributed by atoms with E-state index in [9.17, 15) is 4.79 Å². The highest BCUT2D eigenvalue weighted by molar-refractivity contribution is 9.10. The van der Waals surface area contributed by atoms with E-state index in [1.807, 2.05) is 30.1 Å². The Bertz CT molecular complexity index is 470. The molecule has 0 radical (unpaired) electrons. The lowest BCUT2D eigenvalue weighted by molar-refractivity contribution is 0.0737. The summed E-state index contributed by atoms with van der Waals surface area (Å²) in [5.41, 5.74) is 0.704. The maximum atomic E-state index is 12.5. The van der Waals surface area contributed by atoms with Gasteiger partial charge in [0.15, 0.2) is 0 Å². The van der Waals surface area contributed by atoms with E-state index in [0.717, 1.165) is 36.2 Å². The van der Waals surface area contributed by atoms with Crippen molar-refractivity contribution in [3.05, 3.63) is 28.2 Å². The van der Waals surface area contributed by atoms with Crippen LogP contribution in [0.25, 0.3) is 0 Å². The van der Waals surface area contributed by atoms with Crippen molar-refractivity contribution in [1.29, 1.82) is 0 Å². The summed E-state index contributed by atoms with van der Waals surface area (Å²) >= 11 is 3.42. The standard InChI is InChI=1S/C14H19BrN2O2.ClH/c1-16-9-11-4-3-7-17(11)14(18)10-5-6-13(19-2)12(15)8-10;/h5-6,8,11,16H,3-4,7,9H2,1-2H3;1H.